The van der Waals surface area contributed by atoms with E-state index in [0.717, 1.165) is 30.6 Å². The monoisotopic (exact) mass is 279 g/mol. The number of halogens is 2. The summed E-state index contributed by atoms with van der Waals surface area (Å²) in [5.74, 6) is -0.262. The quantitative estimate of drug-likeness (QED) is 0.894. The van der Waals surface area contributed by atoms with Gasteiger partial charge in [-0.2, -0.15) is 0 Å². The summed E-state index contributed by atoms with van der Waals surface area (Å²) in [6, 6.07) is 1.55. The van der Waals surface area contributed by atoms with E-state index in [2.05, 4.69) is 5.32 Å². The van der Waals surface area contributed by atoms with Gasteiger partial charge in [-0.1, -0.05) is 23.2 Å². The number of rotatable bonds is 3. The van der Waals surface area contributed by atoms with Crippen molar-refractivity contribution in [3.05, 3.63) is 20.3 Å². The van der Waals surface area contributed by atoms with Gasteiger partial charge in [0.2, 0.25) is 0 Å². The Morgan fingerprint density at radius 2 is 2.25 bits per heavy atom. The Morgan fingerprint density at radius 3 is 2.62 bits per heavy atom. The maximum Gasteiger partial charge on any atom is 0.254 e. The van der Waals surface area contributed by atoms with Crippen molar-refractivity contribution in [1.82, 2.24) is 5.32 Å². The molecule has 1 amide bonds. The summed E-state index contributed by atoms with van der Waals surface area (Å²) in [4.78, 5) is 11.9. The molecule has 0 unspecified atom stereocenters. The van der Waals surface area contributed by atoms with Crippen molar-refractivity contribution in [3.63, 3.8) is 0 Å². The molecule has 0 radical (unpaired) electrons. The Balaban J connectivity index is 2.11. The van der Waals surface area contributed by atoms with E-state index in [1.165, 1.54) is 0 Å². The van der Waals surface area contributed by atoms with E-state index in [1.54, 1.807) is 6.07 Å². The lowest BCUT2D eigenvalue weighted by Crippen LogP contribution is -2.56. The smallest absolute Gasteiger partial charge is 0.254 e. The molecule has 0 bridgehead atoms. The third-order valence-corrected chi connectivity index (χ3v) is 4.38. The predicted molar refractivity (Wildman–Crippen MR) is 65.5 cm³/mol. The molecule has 0 aromatic carbocycles. The van der Waals surface area contributed by atoms with Crippen molar-refractivity contribution >= 4 is 40.4 Å². The molecule has 0 saturated heterocycles. The van der Waals surface area contributed by atoms with Gasteiger partial charge in [-0.3, -0.25) is 4.79 Å². The molecular formula is C10H11Cl2NO2S. The minimum Gasteiger partial charge on any atom is -0.394 e. The molecule has 3 nitrogen and oxygen atoms in total. The standard InChI is InChI=1S/C10H11Cl2NO2S/c11-7-4-6(8(12)16-7)9(15)13-10(5-14)2-1-3-10/h4,14H,1-3,5H2,(H,13,15). The summed E-state index contributed by atoms with van der Waals surface area (Å²) >= 11 is 12.8. The zero-order chi connectivity index (χ0) is 11.8. The van der Waals surface area contributed by atoms with Crippen LogP contribution in [-0.2, 0) is 0 Å². The lowest BCUT2D eigenvalue weighted by atomic mass is 9.77. The third-order valence-electron chi connectivity index (χ3n) is 2.89. The van der Waals surface area contributed by atoms with Crippen molar-refractivity contribution in [2.75, 3.05) is 6.61 Å². The molecule has 6 heteroatoms. The molecule has 1 aliphatic rings. The second-order valence-electron chi connectivity index (χ2n) is 3.98. The van der Waals surface area contributed by atoms with Crippen LogP contribution in [0.25, 0.3) is 0 Å². The summed E-state index contributed by atoms with van der Waals surface area (Å²) in [7, 11) is 0. The van der Waals surface area contributed by atoms with Crippen LogP contribution in [0, 0.1) is 0 Å². The second kappa shape index (κ2) is 4.53. The van der Waals surface area contributed by atoms with Crippen LogP contribution < -0.4 is 5.32 Å². The highest BCUT2D eigenvalue weighted by Gasteiger charge is 2.38. The van der Waals surface area contributed by atoms with Gasteiger partial charge >= 0.3 is 0 Å². The summed E-state index contributed by atoms with van der Waals surface area (Å²) in [6.45, 7) is -0.0335. The van der Waals surface area contributed by atoms with Crippen LogP contribution in [0.15, 0.2) is 6.07 Å². The Hall–Kier alpha value is -0.290. The van der Waals surface area contributed by atoms with Gasteiger partial charge in [0, 0.05) is 0 Å². The van der Waals surface area contributed by atoms with Gasteiger partial charge in [0.25, 0.3) is 5.91 Å². The number of carbonyl (C=O) groups is 1. The normalized spacial score (nSPS) is 17.9. The summed E-state index contributed by atoms with van der Waals surface area (Å²) in [5.41, 5.74) is -0.0640. The van der Waals surface area contributed by atoms with Crippen LogP contribution in [0.4, 0.5) is 0 Å². The Morgan fingerprint density at radius 1 is 1.56 bits per heavy atom. The molecular weight excluding hydrogens is 269 g/mol. The minimum absolute atomic E-state index is 0.0335. The number of hydrogen-bond acceptors (Lipinski definition) is 3. The van der Waals surface area contributed by atoms with Gasteiger partial charge in [0.1, 0.15) is 4.34 Å². The molecule has 1 heterocycles. The molecule has 1 saturated carbocycles. The van der Waals surface area contributed by atoms with Gasteiger partial charge in [-0.15, -0.1) is 11.3 Å². The first kappa shape index (κ1) is 12.2. The summed E-state index contributed by atoms with van der Waals surface area (Å²) in [6.07, 6.45) is 2.65. The highest BCUT2D eigenvalue weighted by Crippen LogP contribution is 2.34. The molecule has 0 spiro atoms. The van der Waals surface area contributed by atoms with E-state index in [-0.39, 0.29) is 12.5 Å². The summed E-state index contributed by atoms with van der Waals surface area (Å²) in [5, 5.41) is 12.1. The fraction of sp³-hybridized carbons (Fsp3) is 0.500. The zero-order valence-electron chi connectivity index (χ0n) is 8.43. The maximum atomic E-state index is 11.9. The van der Waals surface area contributed by atoms with Crippen LogP contribution in [0.1, 0.15) is 29.6 Å². The average Bonchev–Trinajstić information content (AvgIpc) is 2.51. The molecule has 1 fully saturated rings. The SMILES string of the molecule is O=C(NC1(CO)CCC1)c1cc(Cl)sc1Cl. The van der Waals surface area contributed by atoms with E-state index >= 15 is 0 Å². The summed E-state index contributed by atoms with van der Waals surface area (Å²) < 4.78 is 0.872. The van der Waals surface area contributed by atoms with Gasteiger partial charge in [0.15, 0.2) is 0 Å². The first-order valence-electron chi connectivity index (χ1n) is 4.94. The molecule has 1 aromatic rings. The molecule has 88 valence electrons. The van der Waals surface area contributed by atoms with Gasteiger partial charge in [-0.25, -0.2) is 0 Å². The lowest BCUT2D eigenvalue weighted by molar-refractivity contribution is 0.0642. The topological polar surface area (TPSA) is 49.3 Å². The number of nitrogens with one attached hydrogen (secondary N) is 1. The number of hydrogen-bond donors (Lipinski definition) is 2. The number of thiophene rings is 1. The molecule has 0 atom stereocenters. The molecule has 1 aromatic heterocycles. The number of aliphatic hydroxyl groups is 1. The molecule has 16 heavy (non-hydrogen) atoms. The van der Waals surface area contributed by atoms with Gasteiger partial charge in [0.05, 0.1) is 22.0 Å². The van der Waals surface area contributed by atoms with E-state index in [1.807, 2.05) is 0 Å². The van der Waals surface area contributed by atoms with E-state index < -0.39 is 5.54 Å². The van der Waals surface area contributed by atoms with Gasteiger partial charge < -0.3 is 10.4 Å². The number of carbonyl (C=O) groups excluding carboxylic acids is 1. The number of amides is 1. The van der Waals surface area contributed by atoms with Crippen LogP contribution in [0.2, 0.25) is 8.67 Å². The van der Waals surface area contributed by atoms with Crippen molar-refractivity contribution < 1.29 is 9.90 Å². The second-order valence-corrected chi connectivity index (χ2v) is 6.27. The minimum atomic E-state index is -0.450. The first-order valence-corrected chi connectivity index (χ1v) is 6.52. The lowest BCUT2D eigenvalue weighted by Gasteiger charge is -2.40. The van der Waals surface area contributed by atoms with E-state index in [9.17, 15) is 9.90 Å². The van der Waals surface area contributed by atoms with Crippen LogP contribution >= 0.6 is 34.5 Å². The van der Waals surface area contributed by atoms with Crippen LogP contribution in [0.3, 0.4) is 0 Å². The molecule has 2 N–H and O–H groups in total. The highest BCUT2D eigenvalue weighted by molar-refractivity contribution is 7.20. The van der Waals surface area contributed by atoms with Crippen molar-refractivity contribution in [2.45, 2.75) is 24.8 Å². The fourth-order valence-corrected chi connectivity index (χ4v) is 3.19. The largest absolute Gasteiger partial charge is 0.394 e. The third kappa shape index (κ3) is 2.20. The van der Waals surface area contributed by atoms with E-state index in [0.29, 0.717) is 14.2 Å². The Bertz CT molecular complexity index is 409. The number of aliphatic hydroxyl groups excluding tert-OH is 1. The van der Waals surface area contributed by atoms with Crippen LogP contribution in [0.5, 0.6) is 0 Å². The maximum absolute atomic E-state index is 11.9. The predicted octanol–water partition coefficient (Wildman–Crippen LogP) is 2.70. The zero-order valence-corrected chi connectivity index (χ0v) is 10.8. The van der Waals surface area contributed by atoms with Crippen molar-refractivity contribution in [2.24, 2.45) is 0 Å². The Labute approximate surface area is 107 Å². The van der Waals surface area contributed by atoms with Gasteiger partial charge in [-0.05, 0) is 25.3 Å². The fourth-order valence-electron chi connectivity index (χ4n) is 1.73. The Kier molecular flexibility index (Phi) is 3.45. The van der Waals surface area contributed by atoms with Crippen LogP contribution in [-0.4, -0.2) is 23.2 Å². The molecule has 0 aliphatic heterocycles. The van der Waals surface area contributed by atoms with Crippen molar-refractivity contribution in [1.29, 1.82) is 0 Å². The van der Waals surface area contributed by atoms with E-state index in [4.69, 9.17) is 23.2 Å². The molecule has 1 aliphatic carbocycles. The average molecular weight is 280 g/mol. The van der Waals surface area contributed by atoms with Crippen molar-refractivity contribution in [3.8, 4) is 0 Å². The highest BCUT2D eigenvalue weighted by atomic mass is 35.5. The first-order chi connectivity index (χ1) is 7.56. The molecule has 2 rings (SSSR count).